The fourth-order valence-corrected chi connectivity index (χ4v) is 4.62. The maximum absolute atomic E-state index is 12.5. The van der Waals surface area contributed by atoms with Gasteiger partial charge < -0.3 is 10.1 Å². The summed E-state index contributed by atoms with van der Waals surface area (Å²) in [6.45, 7) is 8.59. The van der Waals surface area contributed by atoms with E-state index in [2.05, 4.69) is 11.9 Å². The lowest BCUT2D eigenvalue weighted by Gasteiger charge is -2.13. The molecular formula is C20H23NO5S2. The van der Waals surface area contributed by atoms with Gasteiger partial charge in [0.2, 0.25) is 5.91 Å². The number of benzene rings is 1. The highest BCUT2D eigenvalue weighted by Crippen LogP contribution is 2.38. The molecule has 6 nitrogen and oxygen atoms in total. The number of sulfone groups is 1. The van der Waals surface area contributed by atoms with Crippen molar-refractivity contribution in [1.29, 1.82) is 0 Å². The Morgan fingerprint density at radius 2 is 1.96 bits per heavy atom. The maximum atomic E-state index is 12.5. The zero-order valence-corrected chi connectivity index (χ0v) is 17.9. The number of hydrogen-bond acceptors (Lipinski definition) is 6. The van der Waals surface area contributed by atoms with E-state index in [-0.39, 0.29) is 16.3 Å². The van der Waals surface area contributed by atoms with Crippen LogP contribution in [0.25, 0.3) is 11.1 Å². The molecule has 0 bridgehead atoms. The molecule has 1 N–H and O–H groups in total. The number of carbonyl (C=O) groups is 2. The lowest BCUT2D eigenvalue weighted by Crippen LogP contribution is -2.33. The highest BCUT2D eigenvalue weighted by atomic mass is 32.2. The van der Waals surface area contributed by atoms with Crippen molar-refractivity contribution >= 4 is 38.1 Å². The predicted molar refractivity (Wildman–Crippen MR) is 113 cm³/mol. The third-order valence-electron chi connectivity index (χ3n) is 4.36. The number of methoxy groups -OCH3 is 1. The van der Waals surface area contributed by atoms with Crippen LogP contribution in [0.15, 0.2) is 36.2 Å². The molecule has 2 aromatic rings. The van der Waals surface area contributed by atoms with Crippen LogP contribution in [0.4, 0.5) is 5.00 Å². The van der Waals surface area contributed by atoms with Crippen molar-refractivity contribution in [1.82, 2.24) is 0 Å². The second-order valence-corrected chi connectivity index (χ2v) is 9.66. The highest BCUT2D eigenvalue weighted by Gasteiger charge is 2.29. The van der Waals surface area contributed by atoms with Gasteiger partial charge >= 0.3 is 5.97 Å². The second-order valence-electron chi connectivity index (χ2n) is 6.41. The van der Waals surface area contributed by atoms with Crippen molar-refractivity contribution in [2.24, 2.45) is 0 Å². The number of rotatable bonds is 7. The second kappa shape index (κ2) is 8.70. The summed E-state index contributed by atoms with van der Waals surface area (Å²) in [7, 11) is -2.41. The van der Waals surface area contributed by atoms with E-state index in [0.29, 0.717) is 5.56 Å². The van der Waals surface area contributed by atoms with Gasteiger partial charge in [0, 0.05) is 10.9 Å². The standard InChI is InChI=1S/C20H23NO5S2/c1-6-9-28(24,25)14(4)18(22)21-19-17(20(23)26-5)16(11-27-19)15-10-12(2)7-8-13(15)3/h6-8,10-11,14H,1,9H2,2-5H3,(H,21,22). The van der Waals surface area contributed by atoms with E-state index in [1.54, 1.807) is 5.38 Å². The largest absolute Gasteiger partial charge is 0.465 e. The number of anilines is 1. The summed E-state index contributed by atoms with van der Waals surface area (Å²) in [4.78, 5) is 24.9. The molecule has 0 aliphatic heterocycles. The summed E-state index contributed by atoms with van der Waals surface area (Å²) < 4.78 is 29.2. The summed E-state index contributed by atoms with van der Waals surface area (Å²) in [6.07, 6.45) is 1.24. The SMILES string of the molecule is C=CCS(=O)(=O)C(C)C(=O)Nc1scc(-c2cc(C)ccc2C)c1C(=O)OC. The molecule has 0 aliphatic carbocycles. The fraction of sp³-hybridized carbons (Fsp3) is 0.300. The van der Waals surface area contributed by atoms with Crippen molar-refractivity contribution in [3.63, 3.8) is 0 Å². The van der Waals surface area contributed by atoms with Crippen molar-refractivity contribution in [2.45, 2.75) is 26.0 Å². The molecule has 1 aromatic carbocycles. The molecule has 8 heteroatoms. The fourth-order valence-electron chi connectivity index (χ4n) is 2.66. The van der Waals surface area contributed by atoms with E-state index in [1.807, 2.05) is 32.0 Å². The molecule has 0 fully saturated rings. The minimum Gasteiger partial charge on any atom is -0.465 e. The molecule has 0 saturated heterocycles. The first-order valence-corrected chi connectivity index (χ1v) is 11.1. The summed E-state index contributed by atoms with van der Waals surface area (Å²) in [5.74, 6) is -1.61. The number of hydrogen-bond donors (Lipinski definition) is 1. The third kappa shape index (κ3) is 4.51. The van der Waals surface area contributed by atoms with E-state index in [4.69, 9.17) is 4.74 Å². The molecule has 150 valence electrons. The number of aryl methyl sites for hydroxylation is 2. The van der Waals surface area contributed by atoms with Gasteiger partial charge in [-0.15, -0.1) is 17.9 Å². The average Bonchev–Trinajstić information content (AvgIpc) is 3.05. The van der Waals surface area contributed by atoms with Gasteiger partial charge in [-0.1, -0.05) is 29.8 Å². The minimum atomic E-state index is -3.67. The highest BCUT2D eigenvalue weighted by molar-refractivity contribution is 7.92. The molecule has 0 radical (unpaired) electrons. The van der Waals surface area contributed by atoms with Crippen LogP contribution in [0.2, 0.25) is 0 Å². The van der Waals surface area contributed by atoms with Gasteiger partial charge in [0.05, 0.1) is 12.9 Å². The van der Waals surface area contributed by atoms with E-state index >= 15 is 0 Å². The van der Waals surface area contributed by atoms with Crippen LogP contribution in [0.5, 0.6) is 0 Å². The Kier molecular flexibility index (Phi) is 6.79. The lowest BCUT2D eigenvalue weighted by atomic mass is 9.97. The van der Waals surface area contributed by atoms with Gasteiger partial charge in [0.1, 0.15) is 15.8 Å². The van der Waals surface area contributed by atoms with E-state index in [9.17, 15) is 18.0 Å². The third-order valence-corrected chi connectivity index (χ3v) is 7.25. The van der Waals surface area contributed by atoms with Crippen LogP contribution in [-0.2, 0) is 19.4 Å². The van der Waals surface area contributed by atoms with Crippen LogP contribution < -0.4 is 5.32 Å². The Bertz CT molecular complexity index is 1020. The minimum absolute atomic E-state index is 0.211. The molecule has 0 saturated carbocycles. The number of ether oxygens (including phenoxy) is 1. The number of thiophene rings is 1. The predicted octanol–water partition coefficient (Wildman–Crippen LogP) is 3.75. The molecular weight excluding hydrogens is 398 g/mol. The zero-order valence-electron chi connectivity index (χ0n) is 16.2. The molecule has 1 unspecified atom stereocenters. The number of esters is 1. The van der Waals surface area contributed by atoms with Gasteiger partial charge in [-0.2, -0.15) is 0 Å². The summed E-state index contributed by atoms with van der Waals surface area (Å²) >= 11 is 1.15. The average molecular weight is 422 g/mol. The summed E-state index contributed by atoms with van der Waals surface area (Å²) in [5.41, 5.74) is 3.69. The topological polar surface area (TPSA) is 89.5 Å². The van der Waals surface area contributed by atoms with Gasteiger partial charge in [0.25, 0.3) is 0 Å². The first kappa shape index (κ1) is 21.8. The van der Waals surface area contributed by atoms with E-state index in [0.717, 1.165) is 28.0 Å². The molecule has 0 aliphatic rings. The summed E-state index contributed by atoms with van der Waals surface area (Å²) in [5, 5.41) is 3.32. The normalized spacial score (nSPS) is 12.3. The Hall–Kier alpha value is -2.45. The van der Waals surface area contributed by atoms with Crippen LogP contribution >= 0.6 is 11.3 Å². The van der Waals surface area contributed by atoms with Crippen LogP contribution in [0.1, 0.15) is 28.4 Å². The first-order chi connectivity index (χ1) is 13.1. The monoisotopic (exact) mass is 421 g/mol. The Balaban J connectivity index is 2.48. The van der Waals surface area contributed by atoms with Crippen molar-refractivity contribution in [3.8, 4) is 11.1 Å². The maximum Gasteiger partial charge on any atom is 0.341 e. The van der Waals surface area contributed by atoms with Crippen molar-refractivity contribution in [3.05, 3.63) is 52.9 Å². The Morgan fingerprint density at radius 1 is 1.29 bits per heavy atom. The molecule has 2 rings (SSSR count). The number of nitrogens with one attached hydrogen (secondary N) is 1. The lowest BCUT2D eigenvalue weighted by molar-refractivity contribution is -0.115. The zero-order chi connectivity index (χ0) is 21.1. The van der Waals surface area contributed by atoms with Gasteiger partial charge in [-0.25, -0.2) is 13.2 Å². The Morgan fingerprint density at radius 3 is 2.57 bits per heavy atom. The van der Waals surface area contributed by atoms with Crippen LogP contribution in [-0.4, -0.2) is 38.4 Å². The number of amides is 1. The first-order valence-electron chi connectivity index (χ1n) is 8.53. The molecule has 1 atom stereocenters. The molecule has 0 spiro atoms. The van der Waals surface area contributed by atoms with E-state index < -0.39 is 27.0 Å². The van der Waals surface area contributed by atoms with Gasteiger partial charge in [0.15, 0.2) is 9.84 Å². The molecule has 1 aromatic heterocycles. The molecule has 28 heavy (non-hydrogen) atoms. The molecule has 1 amide bonds. The van der Waals surface area contributed by atoms with Crippen molar-refractivity contribution in [2.75, 3.05) is 18.2 Å². The van der Waals surface area contributed by atoms with Gasteiger partial charge in [-0.3, -0.25) is 4.79 Å². The number of carbonyl (C=O) groups excluding carboxylic acids is 2. The smallest absolute Gasteiger partial charge is 0.341 e. The molecule has 1 heterocycles. The van der Waals surface area contributed by atoms with Crippen LogP contribution in [0.3, 0.4) is 0 Å². The Labute approximate surface area is 169 Å². The summed E-state index contributed by atoms with van der Waals surface area (Å²) in [6, 6.07) is 5.87. The van der Waals surface area contributed by atoms with Crippen LogP contribution in [0, 0.1) is 13.8 Å². The van der Waals surface area contributed by atoms with Crippen molar-refractivity contribution < 1.29 is 22.7 Å². The quantitative estimate of drug-likeness (QED) is 0.543. The van der Waals surface area contributed by atoms with Gasteiger partial charge in [-0.05, 0) is 31.9 Å². The van der Waals surface area contributed by atoms with E-state index in [1.165, 1.54) is 20.1 Å².